The van der Waals surface area contributed by atoms with Crippen LogP contribution in [-0.2, 0) is 25.5 Å². The zero-order chi connectivity index (χ0) is 29.2. The Hall–Kier alpha value is -4.60. The molecule has 42 heavy (non-hydrogen) atoms. The van der Waals surface area contributed by atoms with Gasteiger partial charge in [0, 0.05) is 34.9 Å². The fourth-order valence-corrected chi connectivity index (χ4v) is 5.58. The molecule has 1 saturated heterocycles. The van der Waals surface area contributed by atoms with Gasteiger partial charge in [-0.1, -0.05) is 66.3 Å². The Kier molecular flexibility index (Phi) is 7.45. The van der Waals surface area contributed by atoms with E-state index in [-0.39, 0.29) is 19.0 Å². The van der Waals surface area contributed by atoms with E-state index in [1.807, 2.05) is 85.8 Å². The summed E-state index contributed by atoms with van der Waals surface area (Å²) in [5, 5.41) is 11.1. The second kappa shape index (κ2) is 11.3. The molecule has 3 aromatic carbocycles. The highest BCUT2D eigenvalue weighted by Crippen LogP contribution is 2.46. The first-order chi connectivity index (χ1) is 20.4. The van der Waals surface area contributed by atoms with Crippen molar-refractivity contribution in [2.24, 2.45) is 5.41 Å². The van der Waals surface area contributed by atoms with Crippen LogP contribution in [-0.4, -0.2) is 35.9 Å². The maximum Gasteiger partial charge on any atom is 0.334 e. The van der Waals surface area contributed by atoms with E-state index in [2.05, 4.69) is 11.8 Å². The molecule has 212 valence electrons. The van der Waals surface area contributed by atoms with Gasteiger partial charge in [-0.15, -0.1) is 0 Å². The van der Waals surface area contributed by atoms with E-state index in [4.69, 9.17) is 13.9 Å². The SMILES string of the molecule is Cc1ccc(C#Cc2ccc3oc(CC4(C(=O)OC[C@]5(CO)C/C(=C\c6ccccc6)C(=O)O5)CCC4)cc3c2)cc1. The monoisotopic (exact) mass is 560 g/mol. The number of ether oxygens (including phenoxy) is 2. The Morgan fingerprint density at radius 3 is 2.45 bits per heavy atom. The number of furan rings is 1. The van der Waals surface area contributed by atoms with E-state index < -0.39 is 23.6 Å². The van der Waals surface area contributed by atoms with Gasteiger partial charge in [-0.2, -0.15) is 0 Å². The number of cyclic esters (lactones) is 1. The Morgan fingerprint density at radius 1 is 1.00 bits per heavy atom. The van der Waals surface area contributed by atoms with Crippen LogP contribution in [0.5, 0.6) is 0 Å². The molecule has 1 saturated carbocycles. The van der Waals surface area contributed by atoms with E-state index in [0.29, 0.717) is 30.6 Å². The lowest BCUT2D eigenvalue weighted by atomic mass is 9.66. The fraction of sp³-hybridized carbons (Fsp3) is 0.278. The first kappa shape index (κ1) is 27.6. The molecular weight excluding hydrogens is 528 g/mol. The van der Waals surface area contributed by atoms with Crippen LogP contribution in [0.4, 0.5) is 0 Å². The Morgan fingerprint density at radius 2 is 1.74 bits per heavy atom. The van der Waals surface area contributed by atoms with Crippen LogP contribution < -0.4 is 0 Å². The third-order valence-electron chi connectivity index (χ3n) is 8.21. The van der Waals surface area contributed by atoms with E-state index in [0.717, 1.165) is 34.1 Å². The number of carbonyl (C=O) groups is 2. The highest BCUT2D eigenvalue weighted by Gasteiger charge is 2.49. The van der Waals surface area contributed by atoms with Crippen LogP contribution in [0.25, 0.3) is 17.0 Å². The molecule has 6 nitrogen and oxygen atoms in total. The molecule has 1 atom stereocenters. The second-order valence-corrected chi connectivity index (χ2v) is 11.5. The van der Waals surface area contributed by atoms with Crippen molar-refractivity contribution in [2.45, 2.75) is 44.6 Å². The van der Waals surface area contributed by atoms with Crippen molar-refractivity contribution >= 4 is 29.0 Å². The summed E-state index contributed by atoms with van der Waals surface area (Å²) in [6.07, 6.45) is 4.60. The Bertz CT molecular complexity index is 1710. The standard InChI is InChI=1S/C36H32O6/c1-25-8-10-26(11-9-25)12-13-28-14-15-32-29(18-28)20-31(41-32)22-35(16-5-17-35)34(39)40-24-36(23-37)21-30(33(38)42-36)19-27-6-3-2-4-7-27/h2-4,6-11,14-15,18-20,37H,5,16-17,21-24H2,1H3/b30-19+/t36-/m1/s1. The van der Waals surface area contributed by atoms with Gasteiger partial charge in [0.25, 0.3) is 0 Å². The van der Waals surface area contributed by atoms with E-state index in [1.165, 1.54) is 5.56 Å². The van der Waals surface area contributed by atoms with Crippen molar-refractivity contribution in [3.05, 3.63) is 112 Å². The highest BCUT2D eigenvalue weighted by molar-refractivity contribution is 5.96. The average molecular weight is 561 g/mol. The van der Waals surface area contributed by atoms with Gasteiger partial charge in [-0.25, -0.2) is 4.79 Å². The normalized spacial score (nSPS) is 20.0. The fourth-order valence-electron chi connectivity index (χ4n) is 5.58. The van der Waals surface area contributed by atoms with Gasteiger partial charge in [-0.3, -0.25) is 4.79 Å². The molecule has 1 N–H and O–H groups in total. The number of esters is 2. The summed E-state index contributed by atoms with van der Waals surface area (Å²) in [5.74, 6) is 6.26. The zero-order valence-corrected chi connectivity index (χ0v) is 23.5. The molecule has 0 spiro atoms. The number of aliphatic hydroxyl groups excluding tert-OH is 1. The molecule has 2 aliphatic rings. The lowest BCUT2D eigenvalue weighted by molar-refractivity contribution is -0.177. The molecule has 4 aromatic rings. The molecule has 1 aromatic heterocycles. The predicted octanol–water partition coefficient (Wildman–Crippen LogP) is 6.16. The van der Waals surface area contributed by atoms with Crippen LogP contribution in [0, 0.1) is 24.2 Å². The number of rotatable bonds is 7. The Balaban J connectivity index is 1.13. The smallest absolute Gasteiger partial charge is 0.334 e. The summed E-state index contributed by atoms with van der Waals surface area (Å²) < 4.78 is 17.4. The molecule has 0 unspecified atom stereocenters. The molecule has 1 aliphatic carbocycles. The molecule has 0 bridgehead atoms. The minimum Gasteiger partial charge on any atom is -0.461 e. The van der Waals surface area contributed by atoms with Crippen molar-refractivity contribution in [3.63, 3.8) is 0 Å². The summed E-state index contributed by atoms with van der Waals surface area (Å²) in [6, 6.07) is 25.3. The van der Waals surface area contributed by atoms with Crippen LogP contribution in [0.2, 0.25) is 0 Å². The third kappa shape index (κ3) is 5.74. The van der Waals surface area contributed by atoms with Crippen LogP contribution in [0.1, 0.15) is 53.7 Å². The first-order valence-corrected chi connectivity index (χ1v) is 14.2. The van der Waals surface area contributed by atoms with Crippen molar-refractivity contribution in [1.82, 2.24) is 0 Å². The highest BCUT2D eigenvalue weighted by atomic mass is 16.6. The average Bonchev–Trinajstić information content (AvgIpc) is 3.53. The molecule has 1 aliphatic heterocycles. The van der Waals surface area contributed by atoms with E-state index in [1.54, 1.807) is 6.08 Å². The van der Waals surface area contributed by atoms with Gasteiger partial charge in [0.15, 0.2) is 5.60 Å². The lowest BCUT2D eigenvalue weighted by Gasteiger charge is -2.39. The summed E-state index contributed by atoms with van der Waals surface area (Å²) in [6.45, 7) is 1.40. The topological polar surface area (TPSA) is 86.0 Å². The molecule has 2 fully saturated rings. The van der Waals surface area contributed by atoms with E-state index >= 15 is 0 Å². The molecule has 0 amide bonds. The largest absolute Gasteiger partial charge is 0.461 e. The number of hydrogen-bond donors (Lipinski definition) is 1. The first-order valence-electron chi connectivity index (χ1n) is 14.2. The Labute approximate surface area is 245 Å². The number of aliphatic hydroxyl groups is 1. The molecule has 0 radical (unpaired) electrons. The molecule has 2 heterocycles. The van der Waals surface area contributed by atoms with Gasteiger partial charge in [0.2, 0.25) is 0 Å². The van der Waals surface area contributed by atoms with Gasteiger partial charge < -0.3 is 19.0 Å². The van der Waals surface area contributed by atoms with Crippen molar-refractivity contribution in [3.8, 4) is 11.8 Å². The zero-order valence-electron chi connectivity index (χ0n) is 23.5. The number of carbonyl (C=O) groups excluding carboxylic acids is 2. The maximum atomic E-state index is 13.4. The van der Waals surface area contributed by atoms with Gasteiger partial charge in [0.05, 0.1) is 12.0 Å². The minimum absolute atomic E-state index is 0.163. The van der Waals surface area contributed by atoms with Crippen LogP contribution in [0.15, 0.2) is 88.9 Å². The molecule has 6 heteroatoms. The maximum absolute atomic E-state index is 13.4. The quantitative estimate of drug-likeness (QED) is 0.166. The van der Waals surface area contributed by atoms with Gasteiger partial charge >= 0.3 is 11.9 Å². The number of benzene rings is 3. The predicted molar refractivity (Wildman–Crippen MR) is 159 cm³/mol. The third-order valence-corrected chi connectivity index (χ3v) is 8.21. The minimum atomic E-state index is -1.28. The molecule has 6 rings (SSSR count). The van der Waals surface area contributed by atoms with Crippen molar-refractivity contribution in [1.29, 1.82) is 0 Å². The second-order valence-electron chi connectivity index (χ2n) is 11.5. The number of aryl methyl sites for hydroxylation is 1. The summed E-state index contributed by atoms with van der Waals surface area (Å²) in [7, 11) is 0. The number of hydrogen-bond acceptors (Lipinski definition) is 6. The number of fused-ring (bicyclic) bond motifs is 1. The molecular formula is C36H32O6. The van der Waals surface area contributed by atoms with Crippen LogP contribution >= 0.6 is 0 Å². The lowest BCUT2D eigenvalue weighted by Crippen LogP contribution is -2.45. The summed E-state index contributed by atoms with van der Waals surface area (Å²) in [5.41, 5.74) is 3.09. The van der Waals surface area contributed by atoms with Crippen molar-refractivity contribution in [2.75, 3.05) is 13.2 Å². The van der Waals surface area contributed by atoms with E-state index in [9.17, 15) is 14.7 Å². The van der Waals surface area contributed by atoms with Gasteiger partial charge in [0.1, 0.15) is 18.0 Å². The van der Waals surface area contributed by atoms with Crippen LogP contribution in [0.3, 0.4) is 0 Å². The summed E-state index contributed by atoms with van der Waals surface area (Å²) in [4.78, 5) is 26.0. The van der Waals surface area contributed by atoms with Crippen molar-refractivity contribution < 1.29 is 28.6 Å². The summed E-state index contributed by atoms with van der Waals surface area (Å²) >= 11 is 0. The van der Waals surface area contributed by atoms with Gasteiger partial charge in [-0.05, 0) is 67.8 Å².